The summed E-state index contributed by atoms with van der Waals surface area (Å²) in [6.45, 7) is 0. The minimum Gasteiger partial charge on any atom is -0.480 e. The van der Waals surface area contributed by atoms with Gasteiger partial charge in [-0.15, -0.1) is 0 Å². The minimum atomic E-state index is -1.15. The Bertz CT molecular complexity index is 237. The molecule has 2 atom stereocenters. The van der Waals surface area contributed by atoms with Crippen LogP contribution in [0.2, 0.25) is 0 Å². The lowest BCUT2D eigenvalue weighted by Gasteiger charge is -2.04. The van der Waals surface area contributed by atoms with Gasteiger partial charge in [-0.05, 0) is 0 Å². The van der Waals surface area contributed by atoms with Crippen molar-refractivity contribution < 1.29 is 9.90 Å². The summed E-state index contributed by atoms with van der Waals surface area (Å²) in [5.41, 5.74) is 15.8. The molecule has 0 rings (SSSR count). The van der Waals surface area contributed by atoms with Gasteiger partial charge in [-0.1, -0.05) is 12.2 Å². The predicted molar refractivity (Wildman–Crippen MR) is 48.5 cm³/mol. The lowest BCUT2D eigenvalue weighted by atomic mass is 10.2. The van der Waals surface area contributed by atoms with Crippen molar-refractivity contribution in [3.8, 4) is 0 Å². The van der Waals surface area contributed by atoms with Crippen LogP contribution in [0.1, 0.15) is 0 Å². The van der Waals surface area contributed by atoms with Gasteiger partial charge in [0.15, 0.2) is 0 Å². The molecule has 0 saturated carbocycles. The number of hydrogen-bond donors (Lipinski definition) is 5. The second-order valence-corrected chi connectivity index (χ2v) is 2.33. The van der Waals surface area contributed by atoms with Crippen molar-refractivity contribution in [1.29, 1.82) is 0 Å². The monoisotopic (exact) mass is 187 g/mol. The molecule has 0 bridgehead atoms. The molecule has 0 aliphatic carbocycles. The molecule has 0 aromatic carbocycles. The summed E-state index contributed by atoms with van der Waals surface area (Å²) in [5, 5.41) is 11.5. The summed E-state index contributed by atoms with van der Waals surface area (Å²) < 4.78 is 0. The largest absolute Gasteiger partial charge is 0.480 e. The molecule has 13 heavy (non-hydrogen) atoms. The fraction of sp³-hybridized carbons (Fsp3) is 0.333. The molecular weight excluding hydrogens is 174 g/mol. The number of carboxylic acids is 1. The smallest absolute Gasteiger partial charge is 0.324 e. The highest BCUT2D eigenvalue weighted by molar-refractivity contribution is 5.87. The number of carbonyl (C=O) groups is 1. The van der Waals surface area contributed by atoms with Gasteiger partial charge in [-0.2, -0.15) is 5.10 Å². The van der Waals surface area contributed by atoms with E-state index >= 15 is 0 Å². The van der Waals surface area contributed by atoms with Crippen LogP contribution >= 0.6 is 0 Å². The molecule has 0 radical (unpaired) electrons. The third-order valence-electron chi connectivity index (χ3n) is 1.30. The highest BCUT2D eigenvalue weighted by atomic mass is 16.4. The topological polar surface area (TPSA) is 154 Å². The highest BCUT2D eigenvalue weighted by Crippen LogP contribution is 1.86. The van der Waals surface area contributed by atoms with Crippen LogP contribution in [0.5, 0.6) is 0 Å². The first-order valence-electron chi connectivity index (χ1n) is 3.44. The summed E-state index contributed by atoms with van der Waals surface area (Å²) in [5.74, 6) is 3.70. The van der Waals surface area contributed by atoms with E-state index in [1.165, 1.54) is 12.2 Å². The average molecular weight is 187 g/mol. The van der Waals surface area contributed by atoms with E-state index in [0.717, 1.165) is 0 Å². The van der Waals surface area contributed by atoms with Crippen molar-refractivity contribution in [1.82, 2.24) is 0 Å². The first-order chi connectivity index (χ1) is 5.99. The molecule has 7 heteroatoms. The van der Waals surface area contributed by atoms with Crippen LogP contribution in [0.15, 0.2) is 17.3 Å². The van der Waals surface area contributed by atoms with Crippen LogP contribution in [0, 0.1) is 0 Å². The fourth-order valence-electron chi connectivity index (χ4n) is 0.506. The molecule has 0 heterocycles. The zero-order valence-electron chi connectivity index (χ0n) is 6.92. The molecular formula is C6H13N5O2. The first kappa shape index (κ1) is 11.4. The number of aliphatic carboxylic acids is 1. The Labute approximate surface area is 75.1 Å². The van der Waals surface area contributed by atoms with Gasteiger partial charge in [0.05, 0.1) is 6.04 Å². The van der Waals surface area contributed by atoms with E-state index in [9.17, 15) is 4.79 Å². The molecule has 9 N–H and O–H groups in total. The molecule has 0 fully saturated rings. The Morgan fingerprint density at radius 1 is 1.31 bits per heavy atom. The lowest BCUT2D eigenvalue weighted by molar-refractivity contribution is -0.137. The molecule has 7 nitrogen and oxygen atoms in total. The van der Waals surface area contributed by atoms with Gasteiger partial charge < -0.3 is 28.2 Å². The number of amidine groups is 1. The van der Waals surface area contributed by atoms with Crippen LogP contribution in [-0.2, 0) is 4.79 Å². The van der Waals surface area contributed by atoms with E-state index in [4.69, 9.17) is 28.2 Å². The quantitative estimate of drug-likeness (QED) is 0.108. The molecule has 2 unspecified atom stereocenters. The van der Waals surface area contributed by atoms with Gasteiger partial charge in [-0.25, -0.2) is 0 Å². The molecule has 74 valence electrons. The number of carboxylic acid groups (broad SMARTS) is 1. The molecule has 0 aliphatic heterocycles. The maximum atomic E-state index is 10.2. The fourth-order valence-corrected chi connectivity index (χ4v) is 0.506. The van der Waals surface area contributed by atoms with Crippen molar-refractivity contribution in [2.45, 2.75) is 12.1 Å². The van der Waals surface area contributed by atoms with E-state index in [0.29, 0.717) is 0 Å². The van der Waals surface area contributed by atoms with Crippen molar-refractivity contribution in [3.05, 3.63) is 12.2 Å². The predicted octanol–water partition coefficient (Wildman–Crippen LogP) is -2.49. The summed E-state index contributed by atoms with van der Waals surface area (Å²) in [4.78, 5) is 10.2. The van der Waals surface area contributed by atoms with E-state index in [1.54, 1.807) is 0 Å². The summed E-state index contributed by atoms with van der Waals surface area (Å²) in [6.07, 6.45) is 2.54. The summed E-state index contributed by atoms with van der Waals surface area (Å²) >= 11 is 0. The van der Waals surface area contributed by atoms with Crippen LogP contribution in [0.4, 0.5) is 0 Å². The van der Waals surface area contributed by atoms with Crippen molar-refractivity contribution in [2.75, 3.05) is 0 Å². The molecule has 0 saturated heterocycles. The van der Waals surface area contributed by atoms with Gasteiger partial charge in [0, 0.05) is 0 Å². The van der Waals surface area contributed by atoms with E-state index < -0.39 is 18.1 Å². The third-order valence-corrected chi connectivity index (χ3v) is 1.30. The number of hydrazone groups is 1. The highest BCUT2D eigenvalue weighted by Gasteiger charge is 2.08. The normalized spacial score (nSPS) is 17.2. The zero-order chi connectivity index (χ0) is 10.4. The van der Waals surface area contributed by atoms with Gasteiger partial charge in [-0.3, -0.25) is 4.79 Å². The zero-order valence-corrected chi connectivity index (χ0v) is 6.92. The average Bonchev–Trinajstić information content (AvgIpc) is 2.11. The van der Waals surface area contributed by atoms with Gasteiger partial charge in [0.1, 0.15) is 11.9 Å². The SMILES string of the molecule is NN=C(N)C(N)C=CC(N)C(=O)O. The van der Waals surface area contributed by atoms with Crippen molar-refractivity contribution in [3.63, 3.8) is 0 Å². The minimum absolute atomic E-state index is 0.00818. The Balaban J connectivity index is 4.20. The second-order valence-electron chi connectivity index (χ2n) is 2.33. The van der Waals surface area contributed by atoms with E-state index in [-0.39, 0.29) is 5.84 Å². The molecule has 0 amide bonds. The van der Waals surface area contributed by atoms with Gasteiger partial charge in [0.25, 0.3) is 0 Å². The van der Waals surface area contributed by atoms with Crippen molar-refractivity contribution >= 4 is 11.8 Å². The maximum Gasteiger partial charge on any atom is 0.324 e. The van der Waals surface area contributed by atoms with Gasteiger partial charge in [0.2, 0.25) is 0 Å². The van der Waals surface area contributed by atoms with Gasteiger partial charge >= 0.3 is 5.97 Å². The Kier molecular flexibility index (Phi) is 4.49. The summed E-state index contributed by atoms with van der Waals surface area (Å²) in [6, 6.07) is -1.81. The van der Waals surface area contributed by atoms with E-state index in [2.05, 4.69) is 5.10 Å². The summed E-state index contributed by atoms with van der Waals surface area (Å²) in [7, 11) is 0. The molecule has 0 aromatic rings. The third kappa shape index (κ3) is 4.09. The van der Waals surface area contributed by atoms with Crippen LogP contribution in [0.25, 0.3) is 0 Å². The van der Waals surface area contributed by atoms with E-state index in [1.807, 2.05) is 0 Å². The number of nitrogens with two attached hydrogens (primary N) is 4. The maximum absolute atomic E-state index is 10.2. The van der Waals surface area contributed by atoms with Crippen LogP contribution in [-0.4, -0.2) is 29.0 Å². The van der Waals surface area contributed by atoms with Crippen LogP contribution in [0.3, 0.4) is 0 Å². The second kappa shape index (κ2) is 5.12. The molecule has 0 aromatic heterocycles. The first-order valence-corrected chi connectivity index (χ1v) is 3.44. The number of nitrogens with zero attached hydrogens (tertiary/aromatic N) is 1. The molecule has 0 aliphatic rings. The Morgan fingerprint density at radius 3 is 2.15 bits per heavy atom. The van der Waals surface area contributed by atoms with Crippen LogP contribution < -0.4 is 23.0 Å². The lowest BCUT2D eigenvalue weighted by Crippen LogP contribution is -2.37. The number of hydrogen-bond acceptors (Lipinski definition) is 5. The number of rotatable bonds is 4. The Morgan fingerprint density at radius 2 is 1.77 bits per heavy atom. The molecule has 0 spiro atoms. The Hall–Kier alpha value is -1.60. The standard InChI is InChI=1S/C6H13N5O2/c7-3(5(9)11-10)1-2-4(8)6(12)13/h1-4H,7-8,10H2,(H2,9,11)(H,12,13). The van der Waals surface area contributed by atoms with Crippen molar-refractivity contribution in [2.24, 2.45) is 28.1 Å².